The second kappa shape index (κ2) is 9.45. The summed E-state index contributed by atoms with van der Waals surface area (Å²) in [5.74, 6) is 0. The van der Waals surface area contributed by atoms with Crippen molar-refractivity contribution in [1.29, 1.82) is 0 Å². The normalized spacial score (nSPS) is 21.9. The fourth-order valence-corrected chi connectivity index (χ4v) is 7.68. The van der Waals surface area contributed by atoms with Gasteiger partial charge in [0.25, 0.3) is 0 Å². The van der Waals surface area contributed by atoms with Gasteiger partial charge in [-0.05, 0) is 0 Å². The number of rotatable bonds is 7. The molecule has 2 atom stereocenters. The molecule has 0 radical (unpaired) electrons. The zero-order valence-corrected chi connectivity index (χ0v) is 18.1. The zero-order valence-electron chi connectivity index (χ0n) is 15.9. The van der Waals surface area contributed by atoms with Crippen LogP contribution in [0.1, 0.15) is 54.1 Å². The number of hydrogen-bond donors (Lipinski definition) is 2. The minimum atomic E-state index is -0.116. The number of halogens is 1. The standard InChI is InChI=1S/C22H30IN4/c24-12-3-4-14-27(20-11-5-9-17-10-6-13-25-22(17)20)23-21-15-18-7-1-2-8-19(18)16-26-21/h1-2,6-8,10,13,20-21,26H,3-5,9,11-12,14-16,24H2/q-1/t20-,21-/m0/s1. The van der Waals surface area contributed by atoms with Gasteiger partial charge in [-0.3, -0.25) is 0 Å². The number of aryl methyl sites for hydroxylation is 1. The van der Waals surface area contributed by atoms with Crippen molar-refractivity contribution in [2.24, 2.45) is 5.73 Å². The molecule has 2 heterocycles. The number of fused-ring (bicyclic) bond motifs is 2. The van der Waals surface area contributed by atoms with Crippen molar-refractivity contribution in [3.8, 4) is 0 Å². The van der Waals surface area contributed by atoms with Crippen LogP contribution in [0.4, 0.5) is 0 Å². The van der Waals surface area contributed by atoms with Gasteiger partial charge < -0.3 is 0 Å². The third-order valence-corrected chi connectivity index (χ3v) is 9.03. The van der Waals surface area contributed by atoms with E-state index in [2.05, 4.69) is 44.8 Å². The summed E-state index contributed by atoms with van der Waals surface area (Å²) in [4.78, 5) is 4.81. The molecule has 0 unspecified atom stereocenters. The first-order valence-corrected chi connectivity index (χ1v) is 12.4. The van der Waals surface area contributed by atoms with Gasteiger partial charge in [0.1, 0.15) is 0 Å². The summed E-state index contributed by atoms with van der Waals surface area (Å²) in [6.07, 6.45) is 9.16. The quantitative estimate of drug-likeness (QED) is 0.197. The van der Waals surface area contributed by atoms with Crippen LogP contribution in [0.2, 0.25) is 0 Å². The van der Waals surface area contributed by atoms with E-state index in [1.807, 2.05) is 6.20 Å². The SMILES string of the molecule is NCCCCN([I-][C@@H]1Cc2ccccc2CN1)[C@H]1CCCc2cccnc21. The first-order chi connectivity index (χ1) is 13.3. The Morgan fingerprint density at radius 1 is 1.11 bits per heavy atom. The molecule has 27 heavy (non-hydrogen) atoms. The van der Waals surface area contributed by atoms with Gasteiger partial charge in [-0.15, -0.1) is 0 Å². The monoisotopic (exact) mass is 477 g/mol. The van der Waals surface area contributed by atoms with Gasteiger partial charge in [0.05, 0.1) is 0 Å². The van der Waals surface area contributed by atoms with Gasteiger partial charge in [-0.1, -0.05) is 0 Å². The van der Waals surface area contributed by atoms with Crippen molar-refractivity contribution in [3.05, 3.63) is 65.0 Å². The van der Waals surface area contributed by atoms with E-state index in [-0.39, 0.29) is 21.5 Å². The molecule has 1 aliphatic carbocycles. The van der Waals surface area contributed by atoms with Crippen LogP contribution in [0.15, 0.2) is 42.6 Å². The molecule has 4 nitrogen and oxygen atoms in total. The Hall–Kier alpha value is -1.02. The van der Waals surface area contributed by atoms with E-state index in [1.165, 1.54) is 54.5 Å². The summed E-state index contributed by atoms with van der Waals surface area (Å²) in [7, 11) is 0. The van der Waals surface area contributed by atoms with Crippen LogP contribution in [0.25, 0.3) is 0 Å². The molecule has 0 saturated heterocycles. The summed E-state index contributed by atoms with van der Waals surface area (Å²) in [6, 6.07) is 13.8. The number of nitrogens with one attached hydrogen (secondary N) is 1. The Morgan fingerprint density at radius 3 is 2.85 bits per heavy atom. The molecule has 4 rings (SSSR count). The van der Waals surface area contributed by atoms with E-state index in [0.717, 1.165) is 26.1 Å². The first kappa shape index (κ1) is 19.3. The van der Waals surface area contributed by atoms with E-state index in [4.69, 9.17) is 10.7 Å². The fraction of sp³-hybridized carbons (Fsp3) is 0.500. The van der Waals surface area contributed by atoms with E-state index in [0.29, 0.717) is 10.1 Å². The molecule has 0 bridgehead atoms. The summed E-state index contributed by atoms with van der Waals surface area (Å²) in [5, 5.41) is 3.82. The molecule has 1 aromatic heterocycles. The van der Waals surface area contributed by atoms with Crippen LogP contribution in [0, 0.1) is 0 Å². The van der Waals surface area contributed by atoms with Crippen LogP contribution in [0.5, 0.6) is 0 Å². The molecule has 0 spiro atoms. The number of nitrogens with zero attached hydrogens (tertiary/aromatic N) is 2. The fourth-order valence-electron chi connectivity index (χ4n) is 4.17. The Bertz CT molecular complexity index is 751. The number of pyridine rings is 1. The second-order valence-electron chi connectivity index (χ2n) is 7.49. The van der Waals surface area contributed by atoms with Crippen molar-refractivity contribution < 1.29 is 21.5 Å². The van der Waals surface area contributed by atoms with Gasteiger partial charge in [-0.25, -0.2) is 0 Å². The number of aromatic nitrogens is 1. The molecule has 1 aliphatic heterocycles. The Balaban J connectivity index is 1.50. The average Bonchev–Trinajstić information content (AvgIpc) is 2.73. The van der Waals surface area contributed by atoms with Crippen molar-refractivity contribution in [2.75, 3.05) is 13.1 Å². The number of nitrogens with two attached hydrogens (primary N) is 1. The molecule has 0 fully saturated rings. The molecule has 0 saturated carbocycles. The van der Waals surface area contributed by atoms with Crippen molar-refractivity contribution in [3.63, 3.8) is 0 Å². The number of hydrogen-bond acceptors (Lipinski definition) is 4. The van der Waals surface area contributed by atoms with Gasteiger partial charge in [0.2, 0.25) is 0 Å². The van der Waals surface area contributed by atoms with E-state index in [9.17, 15) is 0 Å². The Labute approximate surface area is 173 Å². The third kappa shape index (κ3) is 4.70. The maximum absolute atomic E-state index is 5.77. The molecule has 146 valence electrons. The van der Waals surface area contributed by atoms with Crippen LogP contribution in [0.3, 0.4) is 0 Å². The topological polar surface area (TPSA) is 54.2 Å². The van der Waals surface area contributed by atoms with Gasteiger partial charge in [0, 0.05) is 0 Å². The predicted octanol–water partition coefficient (Wildman–Crippen LogP) is 0.176. The molecule has 0 amide bonds. The molecular formula is C22H30IN4-. The van der Waals surface area contributed by atoms with Gasteiger partial charge >= 0.3 is 174 Å². The number of alkyl halides is 1. The zero-order chi connectivity index (χ0) is 18.5. The third-order valence-electron chi connectivity index (χ3n) is 5.60. The van der Waals surface area contributed by atoms with Crippen LogP contribution >= 0.6 is 0 Å². The molecule has 5 heteroatoms. The second-order valence-corrected chi connectivity index (χ2v) is 10.8. The minimum absolute atomic E-state index is 0.116. The molecule has 1 aromatic carbocycles. The Kier molecular flexibility index (Phi) is 6.76. The molecule has 2 aliphatic rings. The molecule has 2 aromatic rings. The van der Waals surface area contributed by atoms with E-state index >= 15 is 0 Å². The predicted molar refractivity (Wildman–Crippen MR) is 106 cm³/mol. The van der Waals surface area contributed by atoms with Crippen molar-refractivity contribution in [2.45, 2.75) is 55.2 Å². The summed E-state index contributed by atoms with van der Waals surface area (Å²) >= 11 is -0.116. The van der Waals surface area contributed by atoms with Gasteiger partial charge in [0.15, 0.2) is 0 Å². The van der Waals surface area contributed by atoms with E-state index < -0.39 is 0 Å². The number of unbranched alkanes of at least 4 members (excludes halogenated alkanes) is 1. The maximum atomic E-state index is 5.77. The summed E-state index contributed by atoms with van der Waals surface area (Å²) in [5.41, 5.74) is 11.6. The van der Waals surface area contributed by atoms with Crippen LogP contribution < -0.4 is 32.5 Å². The van der Waals surface area contributed by atoms with Crippen LogP contribution in [-0.4, -0.2) is 25.2 Å². The Morgan fingerprint density at radius 2 is 1.96 bits per heavy atom. The van der Waals surface area contributed by atoms with Gasteiger partial charge in [-0.2, -0.15) is 0 Å². The van der Waals surface area contributed by atoms with Crippen molar-refractivity contribution >= 4 is 0 Å². The summed E-state index contributed by atoms with van der Waals surface area (Å²) in [6.45, 7) is 2.96. The summed E-state index contributed by atoms with van der Waals surface area (Å²) < 4.78 is 3.41. The molecular weight excluding hydrogens is 447 g/mol. The average molecular weight is 477 g/mol. The van der Waals surface area contributed by atoms with Crippen LogP contribution in [-0.2, 0) is 19.4 Å². The van der Waals surface area contributed by atoms with E-state index in [1.54, 1.807) is 0 Å². The number of benzene rings is 1. The first-order valence-electron chi connectivity index (χ1n) is 10.2. The van der Waals surface area contributed by atoms with Crippen molar-refractivity contribution in [1.82, 2.24) is 13.4 Å². The molecule has 3 N–H and O–H groups in total.